The molecule has 2 heterocycles. The molecule has 0 N–H and O–H groups in total. The maximum Gasteiger partial charge on any atom is 0.340 e. The Hall–Kier alpha value is -0.900. The molecule has 0 aromatic carbocycles. The van der Waals surface area contributed by atoms with Crippen LogP contribution in [0.3, 0.4) is 0 Å². The van der Waals surface area contributed by atoms with Crippen LogP contribution >= 0.6 is 0 Å². The van der Waals surface area contributed by atoms with Crippen molar-refractivity contribution < 1.29 is 14.3 Å². The van der Waals surface area contributed by atoms with E-state index in [9.17, 15) is 4.79 Å². The number of nitrogens with zero attached hydrogens (tertiary/aromatic N) is 1. The van der Waals surface area contributed by atoms with E-state index in [4.69, 9.17) is 9.47 Å². The molecule has 0 radical (unpaired) electrons. The van der Waals surface area contributed by atoms with Crippen LogP contribution in [0.1, 0.15) is 44.9 Å². The van der Waals surface area contributed by atoms with Gasteiger partial charge in [0.05, 0.1) is 0 Å². The molecular formula is C12H17NO3. The molecule has 88 valence electrons. The number of cyclic esters (lactones) is 1. The molecule has 1 aliphatic carbocycles. The predicted octanol–water partition coefficient (Wildman–Crippen LogP) is 1.82. The Morgan fingerprint density at radius 2 is 2.00 bits per heavy atom. The molecule has 1 unspecified atom stereocenters. The summed E-state index contributed by atoms with van der Waals surface area (Å²) in [5.74, 6) is 0.405. The largest absolute Gasteiger partial charge is 0.407 e. The fourth-order valence-corrected chi connectivity index (χ4v) is 2.83. The lowest BCUT2D eigenvalue weighted by Gasteiger charge is -2.25. The van der Waals surface area contributed by atoms with Gasteiger partial charge in [-0.1, -0.05) is 19.3 Å². The van der Waals surface area contributed by atoms with Crippen LogP contribution in [0.4, 0.5) is 0 Å². The second kappa shape index (κ2) is 3.84. The van der Waals surface area contributed by atoms with Gasteiger partial charge in [-0.3, -0.25) is 0 Å². The quantitative estimate of drug-likeness (QED) is 0.637. The van der Waals surface area contributed by atoms with E-state index in [0.717, 1.165) is 45.1 Å². The first-order chi connectivity index (χ1) is 7.80. The second-order valence-electron chi connectivity index (χ2n) is 4.93. The van der Waals surface area contributed by atoms with Crippen molar-refractivity contribution in [3.63, 3.8) is 0 Å². The molecule has 3 aliphatic rings. The first-order valence-electron chi connectivity index (χ1n) is 6.24. The van der Waals surface area contributed by atoms with E-state index >= 15 is 0 Å². The van der Waals surface area contributed by atoms with Crippen LogP contribution in [0.25, 0.3) is 0 Å². The van der Waals surface area contributed by atoms with Crippen molar-refractivity contribution in [3.05, 3.63) is 0 Å². The number of hydrogen-bond acceptors (Lipinski definition) is 4. The smallest absolute Gasteiger partial charge is 0.340 e. The molecule has 0 bridgehead atoms. The molecule has 1 atom stereocenters. The summed E-state index contributed by atoms with van der Waals surface area (Å²) in [7, 11) is 0. The molecule has 2 fully saturated rings. The zero-order valence-electron chi connectivity index (χ0n) is 9.41. The Morgan fingerprint density at radius 3 is 2.69 bits per heavy atom. The Balaban J connectivity index is 1.81. The third kappa shape index (κ3) is 1.56. The van der Waals surface area contributed by atoms with Gasteiger partial charge in [0.15, 0.2) is 5.54 Å². The number of aliphatic imine (C=N–C) groups is 1. The van der Waals surface area contributed by atoms with E-state index in [2.05, 4.69) is 4.99 Å². The fraction of sp³-hybridized carbons (Fsp3) is 0.833. The third-order valence-electron chi connectivity index (χ3n) is 3.79. The van der Waals surface area contributed by atoms with Crippen LogP contribution in [0.2, 0.25) is 0 Å². The molecule has 16 heavy (non-hydrogen) atoms. The highest BCUT2D eigenvalue weighted by atomic mass is 16.6. The van der Waals surface area contributed by atoms with Gasteiger partial charge in [-0.2, -0.15) is 0 Å². The van der Waals surface area contributed by atoms with Crippen LogP contribution in [-0.2, 0) is 14.3 Å². The summed E-state index contributed by atoms with van der Waals surface area (Å²) in [4.78, 5) is 16.5. The van der Waals surface area contributed by atoms with Crippen molar-refractivity contribution in [1.82, 2.24) is 0 Å². The zero-order chi connectivity index (χ0) is 11.0. The highest BCUT2D eigenvalue weighted by molar-refractivity contribution is 6.01. The molecule has 4 nitrogen and oxygen atoms in total. The minimum absolute atomic E-state index is 0.0646. The summed E-state index contributed by atoms with van der Waals surface area (Å²) in [6.45, 7) is 0.758. The Kier molecular flexibility index (Phi) is 2.46. The summed E-state index contributed by atoms with van der Waals surface area (Å²) in [5.41, 5.74) is -0.542. The molecule has 1 spiro atoms. The van der Waals surface area contributed by atoms with Gasteiger partial charge >= 0.3 is 5.97 Å². The first kappa shape index (κ1) is 10.3. The molecule has 2 aliphatic heterocycles. The van der Waals surface area contributed by atoms with Gasteiger partial charge in [-0.15, -0.1) is 0 Å². The summed E-state index contributed by atoms with van der Waals surface area (Å²) >= 11 is 0. The van der Waals surface area contributed by atoms with E-state index in [-0.39, 0.29) is 12.1 Å². The summed E-state index contributed by atoms with van der Waals surface area (Å²) in [5, 5.41) is 0. The topological polar surface area (TPSA) is 47.9 Å². The summed E-state index contributed by atoms with van der Waals surface area (Å²) < 4.78 is 10.8. The van der Waals surface area contributed by atoms with Crippen molar-refractivity contribution in [3.8, 4) is 0 Å². The highest BCUT2D eigenvalue weighted by Gasteiger charge is 2.48. The number of ether oxygens (including phenoxy) is 2. The molecule has 3 rings (SSSR count). The molecule has 4 heteroatoms. The average molecular weight is 223 g/mol. The lowest BCUT2D eigenvalue weighted by molar-refractivity contribution is -0.140. The van der Waals surface area contributed by atoms with Crippen LogP contribution in [-0.4, -0.2) is 30.1 Å². The van der Waals surface area contributed by atoms with E-state index in [1.807, 2.05) is 0 Å². The molecule has 0 aromatic heterocycles. The van der Waals surface area contributed by atoms with Crippen LogP contribution in [0.15, 0.2) is 4.99 Å². The number of hydrogen-bond donors (Lipinski definition) is 0. The maximum absolute atomic E-state index is 11.9. The molecular weight excluding hydrogens is 206 g/mol. The van der Waals surface area contributed by atoms with E-state index in [0.29, 0.717) is 5.90 Å². The standard InChI is InChI=1S/C12H17NO3/c14-11-12(6-2-1-3-7-12)13-10(16-11)9-5-4-8-15-9/h9H,1-8H2. The van der Waals surface area contributed by atoms with Crippen LogP contribution in [0, 0.1) is 0 Å². The molecule has 0 amide bonds. The van der Waals surface area contributed by atoms with Crippen LogP contribution in [0.5, 0.6) is 0 Å². The summed E-state index contributed by atoms with van der Waals surface area (Å²) in [6.07, 6.45) is 6.97. The normalized spacial score (nSPS) is 32.9. The van der Waals surface area contributed by atoms with Gasteiger partial charge in [0.1, 0.15) is 6.10 Å². The van der Waals surface area contributed by atoms with Gasteiger partial charge < -0.3 is 9.47 Å². The van der Waals surface area contributed by atoms with Crippen molar-refractivity contribution in [2.24, 2.45) is 4.99 Å². The van der Waals surface area contributed by atoms with E-state index in [1.54, 1.807) is 0 Å². The minimum atomic E-state index is -0.542. The van der Waals surface area contributed by atoms with Gasteiger partial charge in [-0.25, -0.2) is 9.79 Å². The molecule has 1 saturated heterocycles. The van der Waals surface area contributed by atoms with Crippen molar-refractivity contribution in [1.29, 1.82) is 0 Å². The van der Waals surface area contributed by atoms with E-state index < -0.39 is 5.54 Å². The number of esters is 1. The highest BCUT2D eigenvalue weighted by Crippen LogP contribution is 2.37. The van der Waals surface area contributed by atoms with Crippen molar-refractivity contribution in [2.75, 3.05) is 6.61 Å². The van der Waals surface area contributed by atoms with Gasteiger partial charge in [0.25, 0.3) is 0 Å². The number of rotatable bonds is 1. The maximum atomic E-state index is 11.9. The van der Waals surface area contributed by atoms with E-state index in [1.165, 1.54) is 6.42 Å². The fourth-order valence-electron chi connectivity index (χ4n) is 2.83. The Labute approximate surface area is 95.0 Å². The number of carbonyl (C=O) groups excluding carboxylic acids is 1. The average Bonchev–Trinajstić information content (AvgIpc) is 2.90. The third-order valence-corrected chi connectivity index (χ3v) is 3.79. The summed E-state index contributed by atoms with van der Waals surface area (Å²) in [6, 6.07) is 0. The SMILES string of the molecule is O=C1OC(C2CCCO2)=NC12CCCCC2. The predicted molar refractivity (Wildman–Crippen MR) is 58.3 cm³/mol. The lowest BCUT2D eigenvalue weighted by Crippen LogP contribution is -2.35. The minimum Gasteiger partial charge on any atom is -0.407 e. The first-order valence-corrected chi connectivity index (χ1v) is 6.24. The van der Waals surface area contributed by atoms with Gasteiger partial charge in [0, 0.05) is 6.61 Å². The molecule has 0 aromatic rings. The number of carbonyl (C=O) groups is 1. The molecule has 1 saturated carbocycles. The van der Waals surface area contributed by atoms with Crippen LogP contribution < -0.4 is 0 Å². The monoisotopic (exact) mass is 223 g/mol. The lowest BCUT2D eigenvalue weighted by atomic mass is 9.83. The second-order valence-corrected chi connectivity index (χ2v) is 4.93. The van der Waals surface area contributed by atoms with Crippen molar-refractivity contribution >= 4 is 11.9 Å². The van der Waals surface area contributed by atoms with Gasteiger partial charge in [0.2, 0.25) is 5.90 Å². The zero-order valence-corrected chi connectivity index (χ0v) is 9.41. The van der Waals surface area contributed by atoms with Crippen molar-refractivity contribution in [2.45, 2.75) is 56.6 Å². The Morgan fingerprint density at radius 1 is 1.19 bits per heavy atom. The Bertz CT molecular complexity index is 325. The van der Waals surface area contributed by atoms with Gasteiger partial charge in [-0.05, 0) is 25.7 Å².